The summed E-state index contributed by atoms with van der Waals surface area (Å²) in [6, 6.07) is 4.97. The highest BCUT2D eigenvalue weighted by molar-refractivity contribution is 6.30. The zero-order valence-electron chi connectivity index (χ0n) is 10.8. The lowest BCUT2D eigenvalue weighted by molar-refractivity contribution is -0.131. The van der Waals surface area contributed by atoms with E-state index in [1.165, 1.54) is 4.90 Å². The van der Waals surface area contributed by atoms with Crippen molar-refractivity contribution in [2.24, 2.45) is 0 Å². The van der Waals surface area contributed by atoms with Gasteiger partial charge in [0.1, 0.15) is 5.75 Å². The van der Waals surface area contributed by atoms with Crippen LogP contribution in [0.2, 0.25) is 5.02 Å². The van der Waals surface area contributed by atoms with Crippen LogP contribution in [0.15, 0.2) is 18.2 Å². The minimum atomic E-state index is -0.206. The van der Waals surface area contributed by atoms with Crippen molar-refractivity contribution in [2.45, 2.75) is 19.4 Å². The van der Waals surface area contributed by atoms with Gasteiger partial charge in [-0.1, -0.05) is 11.6 Å². The molecule has 1 unspecified atom stereocenters. The maximum absolute atomic E-state index is 12.0. The van der Waals surface area contributed by atoms with Gasteiger partial charge in [0, 0.05) is 17.6 Å². The Bertz CT molecular complexity index is 423. The molecular weight excluding hydrogens is 254 g/mol. The number of methoxy groups -OCH3 is 1. The zero-order chi connectivity index (χ0) is 13.7. The first-order valence-corrected chi connectivity index (χ1v) is 6.06. The number of aliphatic hydroxyl groups is 1. The van der Waals surface area contributed by atoms with Crippen LogP contribution in [0, 0.1) is 0 Å². The Morgan fingerprint density at radius 3 is 2.78 bits per heavy atom. The van der Waals surface area contributed by atoms with Crippen molar-refractivity contribution in [2.75, 3.05) is 20.8 Å². The number of nitrogens with zero attached hydrogens (tertiary/aromatic N) is 1. The molecule has 0 heterocycles. The van der Waals surface area contributed by atoms with E-state index >= 15 is 0 Å². The fourth-order valence-corrected chi connectivity index (χ4v) is 1.74. The Morgan fingerprint density at radius 1 is 1.56 bits per heavy atom. The van der Waals surface area contributed by atoms with Crippen LogP contribution in [0.1, 0.15) is 12.5 Å². The predicted octanol–water partition coefficient (Wildman–Crippen LogP) is 1.73. The van der Waals surface area contributed by atoms with E-state index < -0.39 is 0 Å². The minimum absolute atomic E-state index is 0.0606. The average Bonchev–Trinajstić information content (AvgIpc) is 2.37. The molecular formula is C13H18ClNO3. The molecule has 4 nitrogen and oxygen atoms in total. The Labute approximate surface area is 112 Å². The first kappa shape index (κ1) is 14.8. The number of aliphatic hydroxyl groups excluding tert-OH is 1. The molecule has 100 valence electrons. The van der Waals surface area contributed by atoms with Crippen molar-refractivity contribution in [3.05, 3.63) is 28.8 Å². The van der Waals surface area contributed by atoms with Crippen molar-refractivity contribution in [1.29, 1.82) is 0 Å². The van der Waals surface area contributed by atoms with Gasteiger partial charge in [-0.2, -0.15) is 0 Å². The van der Waals surface area contributed by atoms with Gasteiger partial charge in [0.25, 0.3) is 0 Å². The van der Waals surface area contributed by atoms with Crippen molar-refractivity contribution in [1.82, 2.24) is 4.90 Å². The van der Waals surface area contributed by atoms with Gasteiger partial charge in [-0.05, 0) is 25.1 Å². The zero-order valence-corrected chi connectivity index (χ0v) is 11.6. The molecule has 0 aliphatic rings. The second-order valence-electron chi connectivity index (χ2n) is 4.17. The fraction of sp³-hybridized carbons (Fsp3) is 0.462. The summed E-state index contributed by atoms with van der Waals surface area (Å²) in [6.45, 7) is 1.72. The Hall–Kier alpha value is -1.26. The Kier molecular flexibility index (Phi) is 5.44. The summed E-state index contributed by atoms with van der Waals surface area (Å²) >= 11 is 5.91. The molecule has 1 aromatic rings. The van der Waals surface area contributed by atoms with E-state index in [4.69, 9.17) is 21.4 Å². The number of hydrogen-bond acceptors (Lipinski definition) is 3. The number of ether oxygens (including phenoxy) is 1. The second kappa shape index (κ2) is 6.61. The number of carbonyl (C=O) groups is 1. The molecule has 1 aromatic carbocycles. The maximum Gasteiger partial charge on any atom is 0.227 e. The van der Waals surface area contributed by atoms with Crippen LogP contribution in [0.5, 0.6) is 5.75 Å². The molecule has 0 aliphatic heterocycles. The van der Waals surface area contributed by atoms with E-state index in [2.05, 4.69) is 0 Å². The smallest absolute Gasteiger partial charge is 0.227 e. The quantitative estimate of drug-likeness (QED) is 0.887. The van der Waals surface area contributed by atoms with Gasteiger partial charge in [0.2, 0.25) is 5.91 Å². The van der Waals surface area contributed by atoms with E-state index in [0.29, 0.717) is 10.8 Å². The standard InChI is InChI=1S/C13H18ClNO3/c1-9(8-16)15(2)13(17)7-10-6-11(14)4-5-12(10)18-3/h4-6,9,16H,7-8H2,1-3H3. The number of benzene rings is 1. The highest BCUT2D eigenvalue weighted by Crippen LogP contribution is 2.23. The monoisotopic (exact) mass is 271 g/mol. The van der Waals surface area contributed by atoms with Gasteiger partial charge in [0.15, 0.2) is 0 Å². The number of likely N-dealkylation sites (N-methyl/N-ethyl adjacent to an activating group) is 1. The van der Waals surface area contributed by atoms with Crippen LogP contribution in [-0.4, -0.2) is 42.7 Å². The summed E-state index contributed by atoms with van der Waals surface area (Å²) in [5.41, 5.74) is 0.743. The van der Waals surface area contributed by atoms with Crippen molar-refractivity contribution in [3.8, 4) is 5.75 Å². The molecule has 0 spiro atoms. The highest BCUT2D eigenvalue weighted by Gasteiger charge is 2.17. The molecule has 1 amide bonds. The maximum atomic E-state index is 12.0. The highest BCUT2D eigenvalue weighted by atomic mass is 35.5. The van der Waals surface area contributed by atoms with E-state index in [1.54, 1.807) is 39.3 Å². The molecule has 0 fully saturated rings. The van der Waals surface area contributed by atoms with Crippen molar-refractivity contribution < 1.29 is 14.6 Å². The molecule has 1 atom stereocenters. The van der Waals surface area contributed by atoms with Crippen molar-refractivity contribution in [3.63, 3.8) is 0 Å². The Balaban J connectivity index is 2.84. The summed E-state index contributed by atoms with van der Waals surface area (Å²) in [6.07, 6.45) is 0.199. The van der Waals surface area contributed by atoms with Crippen LogP contribution in [0.4, 0.5) is 0 Å². The van der Waals surface area contributed by atoms with E-state index in [0.717, 1.165) is 5.56 Å². The van der Waals surface area contributed by atoms with Crippen LogP contribution >= 0.6 is 11.6 Å². The molecule has 0 aromatic heterocycles. The summed E-state index contributed by atoms with van der Waals surface area (Å²) in [4.78, 5) is 13.5. The largest absolute Gasteiger partial charge is 0.496 e. The molecule has 1 rings (SSSR count). The molecule has 0 saturated carbocycles. The van der Waals surface area contributed by atoms with Gasteiger partial charge in [-0.25, -0.2) is 0 Å². The van der Waals surface area contributed by atoms with Crippen LogP contribution in [0.3, 0.4) is 0 Å². The average molecular weight is 272 g/mol. The van der Waals surface area contributed by atoms with Crippen LogP contribution in [-0.2, 0) is 11.2 Å². The van der Waals surface area contributed by atoms with Crippen molar-refractivity contribution >= 4 is 17.5 Å². The number of carbonyl (C=O) groups excluding carboxylic acids is 1. The molecule has 5 heteroatoms. The van der Waals surface area contributed by atoms with E-state index in [1.807, 2.05) is 0 Å². The van der Waals surface area contributed by atoms with Gasteiger partial charge in [-0.15, -0.1) is 0 Å². The summed E-state index contributed by atoms with van der Waals surface area (Å²) < 4.78 is 5.19. The van der Waals surface area contributed by atoms with Gasteiger partial charge in [-0.3, -0.25) is 4.79 Å². The number of hydrogen-bond donors (Lipinski definition) is 1. The fourth-order valence-electron chi connectivity index (χ4n) is 1.54. The molecule has 0 aliphatic carbocycles. The predicted molar refractivity (Wildman–Crippen MR) is 71.0 cm³/mol. The normalized spacial score (nSPS) is 12.1. The second-order valence-corrected chi connectivity index (χ2v) is 4.61. The molecule has 1 N–H and O–H groups in total. The van der Waals surface area contributed by atoms with E-state index in [9.17, 15) is 4.79 Å². The third-order valence-electron chi connectivity index (χ3n) is 2.90. The van der Waals surface area contributed by atoms with Gasteiger partial charge >= 0.3 is 0 Å². The number of rotatable bonds is 5. The SMILES string of the molecule is COc1ccc(Cl)cc1CC(=O)N(C)C(C)CO. The molecule has 0 saturated heterocycles. The minimum Gasteiger partial charge on any atom is -0.496 e. The summed E-state index contributed by atoms with van der Waals surface area (Å²) in [5, 5.41) is 9.59. The lowest BCUT2D eigenvalue weighted by Crippen LogP contribution is -2.38. The first-order valence-electron chi connectivity index (χ1n) is 5.68. The lowest BCUT2D eigenvalue weighted by Gasteiger charge is -2.23. The third-order valence-corrected chi connectivity index (χ3v) is 3.14. The topological polar surface area (TPSA) is 49.8 Å². The number of halogens is 1. The Morgan fingerprint density at radius 2 is 2.22 bits per heavy atom. The first-order chi connectivity index (χ1) is 8.49. The van der Waals surface area contributed by atoms with Crippen LogP contribution in [0.25, 0.3) is 0 Å². The number of amides is 1. The molecule has 0 radical (unpaired) electrons. The summed E-state index contributed by atoms with van der Waals surface area (Å²) in [5.74, 6) is 0.551. The van der Waals surface area contributed by atoms with Gasteiger partial charge < -0.3 is 14.7 Å². The lowest BCUT2D eigenvalue weighted by atomic mass is 10.1. The van der Waals surface area contributed by atoms with E-state index in [-0.39, 0.29) is 25.0 Å². The van der Waals surface area contributed by atoms with Crippen LogP contribution < -0.4 is 4.74 Å². The van der Waals surface area contributed by atoms with Gasteiger partial charge in [0.05, 0.1) is 26.2 Å². The molecule has 18 heavy (non-hydrogen) atoms. The third kappa shape index (κ3) is 3.62. The molecule has 0 bridgehead atoms. The summed E-state index contributed by atoms with van der Waals surface area (Å²) in [7, 11) is 3.22.